The molecule has 0 aliphatic rings. The maximum absolute atomic E-state index is 10.3. The van der Waals surface area contributed by atoms with Gasteiger partial charge in [0, 0.05) is 0 Å². The molecule has 0 fully saturated rings. The topological polar surface area (TPSA) is 74.6 Å². The second-order valence-electron chi connectivity index (χ2n) is 2.19. The van der Waals surface area contributed by atoms with E-state index in [2.05, 4.69) is 0 Å². The van der Waals surface area contributed by atoms with E-state index in [1.807, 2.05) is 0 Å². The van der Waals surface area contributed by atoms with E-state index in [-0.39, 0.29) is 99.8 Å². The molecular weight excluding hydrogens is 229 g/mol. The number of carboxylic acids is 2. The Morgan fingerprint density at radius 3 is 1.07 bits per heavy atom. The standard InChI is InChI=1S/C8H6O4.3Na.3H/c9-7(10)5-1-2-6(4-3-5)8(11)12;;;;;;/h1-4H,(H,9,10)(H,11,12);;;;;;. The van der Waals surface area contributed by atoms with Crippen LogP contribution in [0.3, 0.4) is 0 Å². The Bertz CT molecular complexity index is 290. The monoisotopic (exact) mass is 238 g/mol. The normalized spacial score (nSPS) is 7.47. The van der Waals surface area contributed by atoms with E-state index in [0.717, 1.165) is 0 Å². The van der Waals surface area contributed by atoms with Gasteiger partial charge in [-0.2, -0.15) is 0 Å². The van der Waals surface area contributed by atoms with E-state index < -0.39 is 11.9 Å². The van der Waals surface area contributed by atoms with Crippen LogP contribution < -0.4 is 0 Å². The van der Waals surface area contributed by atoms with E-state index in [0.29, 0.717) is 0 Å². The second-order valence-corrected chi connectivity index (χ2v) is 2.19. The average Bonchev–Trinajstić information content (AvgIpc) is 2.04. The summed E-state index contributed by atoms with van der Waals surface area (Å²) in [6.07, 6.45) is 0. The van der Waals surface area contributed by atoms with Crippen LogP contribution >= 0.6 is 0 Å². The summed E-state index contributed by atoms with van der Waals surface area (Å²) in [6, 6.07) is 5.02. The summed E-state index contributed by atoms with van der Waals surface area (Å²) in [7, 11) is 0. The molecular formula is C8H9Na3O4. The van der Waals surface area contributed by atoms with Crippen LogP contribution in [0, 0.1) is 0 Å². The van der Waals surface area contributed by atoms with Crippen molar-refractivity contribution in [3.63, 3.8) is 0 Å². The number of hydrogen-bond donors (Lipinski definition) is 2. The molecule has 0 spiro atoms. The molecule has 0 aromatic heterocycles. The first kappa shape index (κ1) is 21.4. The van der Waals surface area contributed by atoms with Gasteiger partial charge in [-0.05, 0) is 24.3 Å². The Morgan fingerprint density at radius 2 is 0.933 bits per heavy atom. The van der Waals surface area contributed by atoms with Crippen molar-refractivity contribution in [2.45, 2.75) is 0 Å². The van der Waals surface area contributed by atoms with Crippen molar-refractivity contribution in [2.24, 2.45) is 0 Å². The Hall–Kier alpha value is 1.16. The van der Waals surface area contributed by atoms with Crippen LogP contribution in [0.15, 0.2) is 24.3 Å². The van der Waals surface area contributed by atoms with Crippen LogP contribution in [0.25, 0.3) is 0 Å². The first-order valence-corrected chi connectivity index (χ1v) is 3.18. The molecule has 7 heteroatoms. The summed E-state index contributed by atoms with van der Waals surface area (Å²) < 4.78 is 0. The zero-order valence-corrected chi connectivity index (χ0v) is 6.02. The number of carboxylic acid groups (broad SMARTS) is 2. The molecule has 68 valence electrons. The van der Waals surface area contributed by atoms with E-state index >= 15 is 0 Å². The van der Waals surface area contributed by atoms with Gasteiger partial charge in [0.15, 0.2) is 0 Å². The molecule has 0 atom stereocenters. The van der Waals surface area contributed by atoms with Crippen LogP contribution in [0.4, 0.5) is 0 Å². The summed E-state index contributed by atoms with van der Waals surface area (Å²) in [5.41, 5.74) is 0.167. The molecule has 0 bridgehead atoms. The summed E-state index contributed by atoms with van der Waals surface area (Å²) in [5, 5.41) is 16.9. The third-order valence-electron chi connectivity index (χ3n) is 1.38. The van der Waals surface area contributed by atoms with Gasteiger partial charge in [-0.3, -0.25) is 0 Å². The van der Waals surface area contributed by atoms with Crippen molar-refractivity contribution in [1.29, 1.82) is 0 Å². The molecule has 0 amide bonds. The number of aromatic carboxylic acids is 2. The molecule has 0 radical (unpaired) electrons. The number of benzene rings is 1. The Labute approximate surface area is 153 Å². The van der Waals surface area contributed by atoms with Crippen molar-refractivity contribution in [2.75, 3.05) is 0 Å². The third kappa shape index (κ3) is 7.15. The summed E-state index contributed by atoms with van der Waals surface area (Å²) in [6.45, 7) is 0. The molecule has 0 aliphatic carbocycles. The molecule has 0 heterocycles. The number of carbonyl (C=O) groups is 2. The van der Waals surface area contributed by atoms with Gasteiger partial charge in [0.25, 0.3) is 0 Å². The van der Waals surface area contributed by atoms with Gasteiger partial charge < -0.3 is 10.2 Å². The molecule has 1 aromatic carbocycles. The van der Waals surface area contributed by atoms with E-state index in [1.165, 1.54) is 24.3 Å². The molecule has 1 aromatic rings. The van der Waals surface area contributed by atoms with Crippen molar-refractivity contribution in [1.82, 2.24) is 0 Å². The molecule has 15 heavy (non-hydrogen) atoms. The van der Waals surface area contributed by atoms with Crippen LogP contribution in [-0.4, -0.2) is 111 Å². The minimum atomic E-state index is -1.06. The Kier molecular flexibility index (Phi) is 14.8. The van der Waals surface area contributed by atoms with Crippen molar-refractivity contribution < 1.29 is 19.8 Å². The van der Waals surface area contributed by atoms with Crippen molar-refractivity contribution in [3.8, 4) is 0 Å². The quantitative estimate of drug-likeness (QED) is 0.657. The maximum atomic E-state index is 10.3. The van der Waals surface area contributed by atoms with Crippen molar-refractivity contribution >= 4 is 101 Å². The van der Waals surface area contributed by atoms with Gasteiger partial charge in [-0.25, -0.2) is 9.59 Å². The number of rotatable bonds is 2. The first-order chi connectivity index (χ1) is 5.61. The molecule has 1 rings (SSSR count). The molecule has 4 nitrogen and oxygen atoms in total. The number of hydrogen-bond acceptors (Lipinski definition) is 2. The third-order valence-corrected chi connectivity index (χ3v) is 1.38. The SMILES string of the molecule is O=C(O)c1ccc(C(=O)O)cc1.[NaH].[NaH].[NaH]. The molecule has 0 unspecified atom stereocenters. The van der Waals surface area contributed by atoms with E-state index in [9.17, 15) is 9.59 Å². The zero-order chi connectivity index (χ0) is 9.14. The fourth-order valence-corrected chi connectivity index (χ4v) is 0.755. The Balaban J connectivity index is -0.000000480. The van der Waals surface area contributed by atoms with Gasteiger partial charge in [0.1, 0.15) is 0 Å². The van der Waals surface area contributed by atoms with Gasteiger partial charge >= 0.3 is 101 Å². The van der Waals surface area contributed by atoms with Gasteiger partial charge in [-0.1, -0.05) is 0 Å². The van der Waals surface area contributed by atoms with Gasteiger partial charge in [0.05, 0.1) is 11.1 Å². The van der Waals surface area contributed by atoms with Gasteiger partial charge in [-0.15, -0.1) is 0 Å². The molecule has 0 saturated heterocycles. The fraction of sp³-hybridized carbons (Fsp3) is 0. The zero-order valence-electron chi connectivity index (χ0n) is 6.02. The predicted octanol–water partition coefficient (Wildman–Crippen LogP) is -0.863. The molecule has 0 saturated carbocycles. The summed E-state index contributed by atoms with van der Waals surface area (Å²) >= 11 is 0. The van der Waals surface area contributed by atoms with E-state index in [4.69, 9.17) is 10.2 Å². The average molecular weight is 238 g/mol. The van der Waals surface area contributed by atoms with Gasteiger partial charge in [0.2, 0.25) is 0 Å². The van der Waals surface area contributed by atoms with Crippen LogP contribution in [0.2, 0.25) is 0 Å². The summed E-state index contributed by atoms with van der Waals surface area (Å²) in [4.78, 5) is 20.7. The van der Waals surface area contributed by atoms with Crippen LogP contribution in [0.1, 0.15) is 20.7 Å². The Morgan fingerprint density at radius 1 is 0.733 bits per heavy atom. The predicted molar refractivity (Wildman–Crippen MR) is 61.8 cm³/mol. The van der Waals surface area contributed by atoms with Crippen LogP contribution in [0.5, 0.6) is 0 Å². The fourth-order valence-electron chi connectivity index (χ4n) is 0.755. The van der Waals surface area contributed by atoms with Crippen molar-refractivity contribution in [3.05, 3.63) is 35.4 Å². The molecule has 0 aliphatic heterocycles. The van der Waals surface area contributed by atoms with Crippen LogP contribution in [-0.2, 0) is 0 Å². The summed E-state index contributed by atoms with van der Waals surface area (Å²) in [5.74, 6) is -2.13. The second kappa shape index (κ2) is 10.3. The minimum absolute atomic E-state index is 0. The first-order valence-electron chi connectivity index (χ1n) is 3.18. The molecule has 2 N–H and O–H groups in total. The van der Waals surface area contributed by atoms with E-state index in [1.54, 1.807) is 0 Å².